The second-order valence-electron chi connectivity index (χ2n) is 3.95. The molecule has 1 atom stereocenters. The molecule has 0 aliphatic rings. The third-order valence-electron chi connectivity index (χ3n) is 2.68. The van der Waals surface area contributed by atoms with Gasteiger partial charge in [0.1, 0.15) is 11.6 Å². The van der Waals surface area contributed by atoms with Crippen LogP contribution in [0.2, 0.25) is 0 Å². The molecule has 0 heterocycles. The number of benzene rings is 2. The number of nitrogens with two attached hydrogens (primary N) is 1. The molecule has 1 unspecified atom stereocenters. The first-order valence-electron chi connectivity index (χ1n) is 5.39. The fourth-order valence-electron chi connectivity index (χ4n) is 1.85. The van der Waals surface area contributed by atoms with Crippen LogP contribution in [0, 0.1) is 23.3 Å². The Morgan fingerprint density at radius 3 is 2.16 bits per heavy atom. The molecule has 2 aromatic rings. The summed E-state index contributed by atoms with van der Waals surface area (Å²) >= 11 is 0. The molecule has 2 aromatic carbocycles. The van der Waals surface area contributed by atoms with Gasteiger partial charge in [0.15, 0.2) is 11.6 Å². The molecular weight excluding hydrogens is 260 g/mol. The van der Waals surface area contributed by atoms with Crippen LogP contribution in [0.15, 0.2) is 36.4 Å². The topological polar surface area (TPSA) is 38.0 Å². The standard InChI is InChI=1S/C13H10F4N2/c14-8-4-7(5-9(15)6-8)13(19-18)10-2-1-3-11(16)12(10)17/h1-6,13,19H,18H2. The highest BCUT2D eigenvalue weighted by atomic mass is 19.2. The lowest BCUT2D eigenvalue weighted by Gasteiger charge is -2.18. The molecule has 0 aliphatic carbocycles. The van der Waals surface area contributed by atoms with Crippen LogP contribution >= 0.6 is 0 Å². The van der Waals surface area contributed by atoms with Gasteiger partial charge in [0.05, 0.1) is 6.04 Å². The van der Waals surface area contributed by atoms with E-state index in [1.165, 1.54) is 12.1 Å². The summed E-state index contributed by atoms with van der Waals surface area (Å²) in [6, 6.07) is 5.13. The van der Waals surface area contributed by atoms with Crippen molar-refractivity contribution in [2.45, 2.75) is 6.04 Å². The Labute approximate surface area is 106 Å². The average molecular weight is 270 g/mol. The zero-order chi connectivity index (χ0) is 14.0. The molecule has 2 nitrogen and oxygen atoms in total. The van der Waals surface area contributed by atoms with E-state index in [9.17, 15) is 17.6 Å². The van der Waals surface area contributed by atoms with Crippen LogP contribution in [-0.4, -0.2) is 0 Å². The van der Waals surface area contributed by atoms with Crippen molar-refractivity contribution >= 4 is 0 Å². The summed E-state index contributed by atoms with van der Waals surface area (Å²) in [4.78, 5) is 0. The fourth-order valence-corrected chi connectivity index (χ4v) is 1.85. The van der Waals surface area contributed by atoms with Crippen molar-refractivity contribution < 1.29 is 17.6 Å². The molecule has 0 amide bonds. The average Bonchev–Trinajstić information content (AvgIpc) is 2.34. The van der Waals surface area contributed by atoms with E-state index >= 15 is 0 Å². The summed E-state index contributed by atoms with van der Waals surface area (Å²) in [5.41, 5.74) is 2.14. The van der Waals surface area contributed by atoms with Crippen LogP contribution in [0.4, 0.5) is 17.6 Å². The molecule has 0 bridgehead atoms. The van der Waals surface area contributed by atoms with Crippen molar-refractivity contribution in [3.63, 3.8) is 0 Å². The minimum Gasteiger partial charge on any atom is -0.271 e. The van der Waals surface area contributed by atoms with Gasteiger partial charge >= 0.3 is 0 Å². The van der Waals surface area contributed by atoms with Gasteiger partial charge in [0.2, 0.25) is 0 Å². The van der Waals surface area contributed by atoms with E-state index in [1.54, 1.807) is 0 Å². The molecule has 3 N–H and O–H groups in total. The highest BCUT2D eigenvalue weighted by Gasteiger charge is 2.20. The van der Waals surface area contributed by atoms with Crippen molar-refractivity contribution in [1.82, 2.24) is 5.43 Å². The number of hydrazine groups is 1. The first-order chi connectivity index (χ1) is 9.02. The van der Waals surface area contributed by atoms with E-state index in [1.807, 2.05) is 0 Å². The van der Waals surface area contributed by atoms with Crippen molar-refractivity contribution in [2.75, 3.05) is 0 Å². The number of hydrogen-bond donors (Lipinski definition) is 2. The Bertz CT molecular complexity index is 581. The van der Waals surface area contributed by atoms with E-state index in [4.69, 9.17) is 5.84 Å². The minimum atomic E-state index is -1.12. The van der Waals surface area contributed by atoms with E-state index in [2.05, 4.69) is 5.43 Å². The molecule has 100 valence electrons. The van der Waals surface area contributed by atoms with Crippen LogP contribution in [0.5, 0.6) is 0 Å². The minimum absolute atomic E-state index is 0.0597. The highest BCUT2D eigenvalue weighted by molar-refractivity contribution is 5.33. The summed E-state index contributed by atoms with van der Waals surface area (Å²) < 4.78 is 53.1. The Balaban J connectivity index is 2.53. The van der Waals surface area contributed by atoms with Gasteiger partial charge in [-0.3, -0.25) is 5.84 Å². The van der Waals surface area contributed by atoms with Crippen LogP contribution < -0.4 is 11.3 Å². The molecule has 0 saturated heterocycles. The summed E-state index contributed by atoms with van der Waals surface area (Å²) in [5, 5.41) is 0. The van der Waals surface area contributed by atoms with Gasteiger partial charge in [-0.05, 0) is 23.8 Å². The molecule has 6 heteroatoms. The lowest BCUT2D eigenvalue weighted by Crippen LogP contribution is -2.30. The first-order valence-corrected chi connectivity index (χ1v) is 5.39. The van der Waals surface area contributed by atoms with Crippen LogP contribution in [0.1, 0.15) is 17.2 Å². The van der Waals surface area contributed by atoms with Gasteiger partial charge in [-0.15, -0.1) is 0 Å². The smallest absolute Gasteiger partial charge is 0.163 e. The summed E-state index contributed by atoms with van der Waals surface area (Å²) in [6.45, 7) is 0. The Hall–Kier alpha value is -1.92. The van der Waals surface area contributed by atoms with Gasteiger partial charge in [-0.25, -0.2) is 23.0 Å². The predicted molar refractivity (Wildman–Crippen MR) is 61.9 cm³/mol. The molecule has 0 aromatic heterocycles. The molecule has 2 rings (SSSR count). The zero-order valence-corrected chi connectivity index (χ0v) is 9.63. The highest BCUT2D eigenvalue weighted by Crippen LogP contribution is 2.26. The molecule has 0 aliphatic heterocycles. The quantitative estimate of drug-likeness (QED) is 0.511. The predicted octanol–water partition coefficient (Wildman–Crippen LogP) is 2.80. The van der Waals surface area contributed by atoms with Crippen molar-refractivity contribution in [3.05, 3.63) is 70.8 Å². The van der Waals surface area contributed by atoms with Gasteiger partial charge in [-0.2, -0.15) is 0 Å². The van der Waals surface area contributed by atoms with Gasteiger partial charge < -0.3 is 0 Å². The number of hydrogen-bond acceptors (Lipinski definition) is 2. The monoisotopic (exact) mass is 270 g/mol. The molecule has 0 fully saturated rings. The maximum Gasteiger partial charge on any atom is 0.163 e. The van der Waals surface area contributed by atoms with Gasteiger partial charge in [0, 0.05) is 11.6 Å². The SMILES string of the molecule is NNC(c1cc(F)cc(F)c1)c1cccc(F)c1F. The first kappa shape index (κ1) is 13.5. The maximum absolute atomic E-state index is 13.7. The lowest BCUT2D eigenvalue weighted by atomic mass is 9.98. The number of rotatable bonds is 3. The number of halogens is 4. The van der Waals surface area contributed by atoms with Crippen molar-refractivity contribution in [2.24, 2.45) is 5.84 Å². The molecule has 19 heavy (non-hydrogen) atoms. The largest absolute Gasteiger partial charge is 0.271 e. The van der Waals surface area contributed by atoms with Crippen LogP contribution in [0.3, 0.4) is 0 Å². The lowest BCUT2D eigenvalue weighted by molar-refractivity contribution is 0.481. The third-order valence-corrected chi connectivity index (χ3v) is 2.68. The fraction of sp³-hybridized carbons (Fsp3) is 0.0769. The van der Waals surface area contributed by atoms with Crippen molar-refractivity contribution in [3.8, 4) is 0 Å². The van der Waals surface area contributed by atoms with Crippen molar-refractivity contribution in [1.29, 1.82) is 0 Å². The maximum atomic E-state index is 13.7. The number of nitrogens with one attached hydrogen (secondary N) is 1. The van der Waals surface area contributed by atoms with Gasteiger partial charge in [0.25, 0.3) is 0 Å². The van der Waals surface area contributed by atoms with Gasteiger partial charge in [-0.1, -0.05) is 12.1 Å². The molecule has 0 spiro atoms. The summed E-state index contributed by atoms with van der Waals surface area (Å²) in [7, 11) is 0. The van der Waals surface area contributed by atoms with E-state index < -0.39 is 29.3 Å². The second-order valence-corrected chi connectivity index (χ2v) is 3.95. The Morgan fingerprint density at radius 2 is 1.58 bits per heavy atom. The second kappa shape index (κ2) is 5.38. The Morgan fingerprint density at radius 1 is 0.947 bits per heavy atom. The van der Waals surface area contributed by atoms with Crippen LogP contribution in [-0.2, 0) is 0 Å². The summed E-state index contributed by atoms with van der Waals surface area (Å²) in [5.74, 6) is 1.44. The Kier molecular flexibility index (Phi) is 3.82. The third kappa shape index (κ3) is 2.74. The van der Waals surface area contributed by atoms with E-state index in [-0.39, 0.29) is 11.1 Å². The molecule has 0 saturated carbocycles. The van der Waals surface area contributed by atoms with E-state index in [0.29, 0.717) is 6.07 Å². The normalized spacial score (nSPS) is 12.5. The van der Waals surface area contributed by atoms with Crippen LogP contribution in [0.25, 0.3) is 0 Å². The zero-order valence-electron chi connectivity index (χ0n) is 9.63. The molecule has 0 radical (unpaired) electrons. The summed E-state index contributed by atoms with van der Waals surface area (Å²) in [6.07, 6.45) is 0. The molecular formula is C13H10F4N2. The van der Waals surface area contributed by atoms with E-state index in [0.717, 1.165) is 18.2 Å².